The number of aliphatic carboxylic acids is 1. The Bertz CT molecular complexity index is 698. The number of rotatable bonds is 5. The molecular weight excluding hydrogens is 330 g/mol. The van der Waals surface area contributed by atoms with E-state index < -0.39 is 15.8 Å². The van der Waals surface area contributed by atoms with Crippen LogP contribution in [0.4, 0.5) is 0 Å². The molecule has 24 heavy (non-hydrogen) atoms. The summed E-state index contributed by atoms with van der Waals surface area (Å²) in [6.07, 6.45) is 3.29. The summed E-state index contributed by atoms with van der Waals surface area (Å²) in [5, 5.41) is 13.3. The van der Waals surface area contributed by atoms with E-state index in [-0.39, 0.29) is 12.3 Å². The average molecular weight is 355 g/mol. The number of hydrogen-bond acceptors (Lipinski definition) is 5. The van der Waals surface area contributed by atoms with Gasteiger partial charge in [-0.25, -0.2) is 8.42 Å². The molecule has 0 radical (unpaired) electrons. The first kappa shape index (κ1) is 17.4. The molecule has 8 heteroatoms. The summed E-state index contributed by atoms with van der Waals surface area (Å²) >= 11 is 0. The van der Waals surface area contributed by atoms with Crippen LogP contribution >= 0.6 is 0 Å². The maximum Gasteiger partial charge on any atom is 0.303 e. The summed E-state index contributed by atoms with van der Waals surface area (Å²) in [6, 6.07) is 2.00. The van der Waals surface area contributed by atoms with Crippen molar-refractivity contribution in [2.45, 2.75) is 45.2 Å². The normalized spacial score (nSPS) is 24.2. The van der Waals surface area contributed by atoms with Crippen molar-refractivity contribution >= 4 is 15.8 Å². The van der Waals surface area contributed by atoms with E-state index in [1.807, 2.05) is 10.7 Å². The third-order valence-electron chi connectivity index (χ3n) is 4.81. The number of nitrogens with zero attached hydrogens (tertiary/aromatic N) is 3. The van der Waals surface area contributed by atoms with Gasteiger partial charge in [0, 0.05) is 32.6 Å². The van der Waals surface area contributed by atoms with Gasteiger partial charge in [0.25, 0.3) is 0 Å². The van der Waals surface area contributed by atoms with Crippen LogP contribution in [-0.4, -0.2) is 58.8 Å². The maximum atomic E-state index is 11.8. The Morgan fingerprint density at radius 3 is 2.92 bits per heavy atom. The van der Waals surface area contributed by atoms with Crippen LogP contribution < -0.4 is 0 Å². The van der Waals surface area contributed by atoms with Gasteiger partial charge in [0.05, 0.1) is 29.3 Å². The maximum absolute atomic E-state index is 11.8. The van der Waals surface area contributed by atoms with Gasteiger partial charge in [-0.3, -0.25) is 14.4 Å². The minimum atomic E-state index is -2.86. The molecule has 1 atom stereocenters. The quantitative estimate of drug-likeness (QED) is 0.845. The molecule has 0 aromatic carbocycles. The number of fused-ring (bicyclic) bond motifs is 1. The number of carboxylic acid groups (broad SMARTS) is 1. The largest absolute Gasteiger partial charge is 0.481 e. The van der Waals surface area contributed by atoms with Crippen LogP contribution in [0.1, 0.15) is 37.1 Å². The van der Waals surface area contributed by atoms with Crippen LogP contribution in [0.15, 0.2) is 6.07 Å². The van der Waals surface area contributed by atoms with E-state index in [2.05, 4.69) is 10.00 Å². The molecule has 1 fully saturated rings. The smallest absolute Gasteiger partial charge is 0.303 e. The molecule has 0 spiro atoms. The molecule has 3 rings (SSSR count). The molecule has 134 valence electrons. The SMILES string of the molecule is O=C(O)CCc1cc2n(n1)CCCN(CC1CCCS(=O)(=O)C1)C2. The molecule has 1 saturated heterocycles. The monoisotopic (exact) mass is 355 g/mol. The molecule has 0 bridgehead atoms. The minimum absolute atomic E-state index is 0.0973. The Morgan fingerprint density at radius 2 is 2.17 bits per heavy atom. The molecule has 7 nitrogen and oxygen atoms in total. The van der Waals surface area contributed by atoms with Crippen LogP contribution in [0, 0.1) is 5.92 Å². The summed E-state index contributed by atoms with van der Waals surface area (Å²) in [7, 11) is -2.86. The highest BCUT2D eigenvalue weighted by Crippen LogP contribution is 2.22. The Labute approximate surface area is 142 Å². The summed E-state index contributed by atoms with van der Waals surface area (Å²) in [4.78, 5) is 13.0. The van der Waals surface area contributed by atoms with Crippen LogP contribution in [0.25, 0.3) is 0 Å². The van der Waals surface area contributed by atoms with E-state index in [9.17, 15) is 13.2 Å². The zero-order chi connectivity index (χ0) is 17.2. The van der Waals surface area contributed by atoms with E-state index in [1.165, 1.54) is 0 Å². The third kappa shape index (κ3) is 4.57. The van der Waals surface area contributed by atoms with Crippen LogP contribution in [-0.2, 0) is 34.1 Å². The third-order valence-corrected chi connectivity index (χ3v) is 6.70. The zero-order valence-electron chi connectivity index (χ0n) is 13.9. The number of carbonyl (C=O) groups is 1. The molecule has 1 aromatic rings. The van der Waals surface area contributed by atoms with Gasteiger partial charge in [0.15, 0.2) is 9.84 Å². The van der Waals surface area contributed by atoms with Gasteiger partial charge >= 0.3 is 5.97 Å². The summed E-state index contributed by atoms with van der Waals surface area (Å²) in [5.74, 6) is 0.0681. The van der Waals surface area contributed by atoms with E-state index in [1.54, 1.807) is 0 Å². The Morgan fingerprint density at radius 1 is 1.33 bits per heavy atom. The summed E-state index contributed by atoms with van der Waals surface area (Å²) < 4.78 is 25.6. The highest BCUT2D eigenvalue weighted by Gasteiger charge is 2.27. The fourth-order valence-corrected chi connectivity index (χ4v) is 5.49. The van der Waals surface area contributed by atoms with Crippen molar-refractivity contribution in [3.8, 4) is 0 Å². The molecule has 0 saturated carbocycles. The van der Waals surface area contributed by atoms with Gasteiger partial charge in [-0.15, -0.1) is 0 Å². The lowest BCUT2D eigenvalue weighted by Gasteiger charge is -2.28. The number of sulfone groups is 1. The van der Waals surface area contributed by atoms with E-state index in [4.69, 9.17) is 5.11 Å². The molecule has 2 aliphatic heterocycles. The number of carboxylic acids is 1. The van der Waals surface area contributed by atoms with Gasteiger partial charge in [0.2, 0.25) is 0 Å². The second kappa shape index (κ2) is 7.23. The van der Waals surface area contributed by atoms with Gasteiger partial charge in [-0.1, -0.05) is 0 Å². The van der Waals surface area contributed by atoms with Crippen molar-refractivity contribution in [3.63, 3.8) is 0 Å². The van der Waals surface area contributed by atoms with Gasteiger partial charge < -0.3 is 5.11 Å². The Balaban J connectivity index is 1.62. The van der Waals surface area contributed by atoms with Crippen molar-refractivity contribution in [1.82, 2.24) is 14.7 Å². The lowest BCUT2D eigenvalue weighted by molar-refractivity contribution is -0.136. The second-order valence-electron chi connectivity index (χ2n) is 6.96. The summed E-state index contributed by atoms with van der Waals surface area (Å²) in [5.41, 5.74) is 1.93. The minimum Gasteiger partial charge on any atom is -0.481 e. The first-order chi connectivity index (χ1) is 11.4. The lowest BCUT2D eigenvalue weighted by atomic mass is 10.0. The number of hydrogen-bond donors (Lipinski definition) is 1. The molecule has 1 N–H and O–H groups in total. The van der Waals surface area contributed by atoms with Crippen LogP contribution in [0.5, 0.6) is 0 Å². The predicted octanol–water partition coefficient (Wildman–Crippen LogP) is 0.931. The predicted molar refractivity (Wildman–Crippen MR) is 89.5 cm³/mol. The topological polar surface area (TPSA) is 92.5 Å². The Hall–Kier alpha value is -1.41. The highest BCUT2D eigenvalue weighted by molar-refractivity contribution is 7.91. The number of aromatic nitrogens is 2. The van der Waals surface area contributed by atoms with E-state index in [0.717, 1.165) is 56.8 Å². The summed E-state index contributed by atoms with van der Waals surface area (Å²) in [6.45, 7) is 3.36. The highest BCUT2D eigenvalue weighted by atomic mass is 32.2. The number of aryl methyl sites for hydroxylation is 2. The fourth-order valence-electron chi connectivity index (χ4n) is 3.73. The standard InChI is InChI=1S/C16H25N3O4S/c20-16(21)5-4-14-9-15-11-18(6-2-7-19(15)17-14)10-13-3-1-8-24(22,23)12-13/h9,13H,1-8,10-12H2,(H,20,21). The molecule has 0 amide bonds. The van der Waals surface area contributed by atoms with E-state index >= 15 is 0 Å². The van der Waals surface area contributed by atoms with Crippen LogP contribution in [0.3, 0.4) is 0 Å². The second-order valence-corrected chi connectivity index (χ2v) is 9.18. The first-order valence-corrected chi connectivity index (χ1v) is 10.4. The van der Waals surface area contributed by atoms with Gasteiger partial charge in [-0.05, 0) is 31.2 Å². The average Bonchev–Trinajstić information content (AvgIpc) is 2.77. The van der Waals surface area contributed by atoms with Crippen molar-refractivity contribution < 1.29 is 18.3 Å². The molecule has 3 heterocycles. The first-order valence-electron chi connectivity index (χ1n) is 8.61. The van der Waals surface area contributed by atoms with E-state index in [0.29, 0.717) is 17.9 Å². The molecule has 1 unspecified atom stereocenters. The molecule has 1 aromatic heterocycles. The zero-order valence-corrected chi connectivity index (χ0v) is 14.7. The molecule has 2 aliphatic rings. The van der Waals surface area contributed by atoms with Crippen molar-refractivity contribution in [1.29, 1.82) is 0 Å². The van der Waals surface area contributed by atoms with Crippen molar-refractivity contribution in [2.24, 2.45) is 5.92 Å². The van der Waals surface area contributed by atoms with Crippen LogP contribution in [0.2, 0.25) is 0 Å². The van der Waals surface area contributed by atoms with Gasteiger partial charge in [0.1, 0.15) is 0 Å². The lowest BCUT2D eigenvalue weighted by Crippen LogP contribution is -2.35. The molecular formula is C16H25N3O4S. The van der Waals surface area contributed by atoms with Crippen molar-refractivity contribution in [2.75, 3.05) is 24.6 Å². The Kier molecular flexibility index (Phi) is 5.24. The van der Waals surface area contributed by atoms with Crippen molar-refractivity contribution in [3.05, 3.63) is 17.5 Å². The van der Waals surface area contributed by atoms with Gasteiger partial charge in [-0.2, -0.15) is 5.10 Å². The fraction of sp³-hybridized carbons (Fsp3) is 0.750. The molecule has 0 aliphatic carbocycles.